The molecule has 1 heterocycles. The van der Waals surface area contributed by atoms with Gasteiger partial charge in [0, 0.05) is 18.9 Å². The quantitative estimate of drug-likeness (QED) is 0.829. The zero-order valence-corrected chi connectivity index (χ0v) is 14.8. The van der Waals surface area contributed by atoms with Gasteiger partial charge in [0.15, 0.2) is 0 Å². The zero-order valence-electron chi connectivity index (χ0n) is 14.8. The van der Waals surface area contributed by atoms with Crippen LogP contribution < -0.4 is 15.4 Å². The van der Waals surface area contributed by atoms with Gasteiger partial charge < -0.3 is 20.1 Å². The minimum atomic E-state index is -0.503. The Morgan fingerprint density at radius 3 is 2.54 bits per heavy atom. The normalized spacial score (nSPS) is 16.1. The van der Waals surface area contributed by atoms with Crippen LogP contribution in [0.2, 0.25) is 0 Å². The number of amides is 1. The van der Waals surface area contributed by atoms with Gasteiger partial charge in [-0.1, -0.05) is 6.07 Å². The van der Waals surface area contributed by atoms with Crippen molar-refractivity contribution in [2.45, 2.75) is 12.8 Å². The number of hydrogen-bond acceptors (Lipinski definition) is 4. The summed E-state index contributed by atoms with van der Waals surface area (Å²) in [4.78, 5) is 12.8. The fourth-order valence-electron chi connectivity index (χ4n) is 3.16. The summed E-state index contributed by atoms with van der Waals surface area (Å²) in [6, 6.07) is 13.0. The SMILES string of the molecule is COCC1(C(=O)Nc2ccc(Oc3cccc(F)c3)cc2)CCNCC1. The van der Waals surface area contributed by atoms with Gasteiger partial charge in [0.25, 0.3) is 0 Å². The number of piperidine rings is 1. The Bertz CT molecular complexity index is 737. The van der Waals surface area contributed by atoms with Crippen molar-refractivity contribution >= 4 is 11.6 Å². The summed E-state index contributed by atoms with van der Waals surface area (Å²) in [6.07, 6.45) is 1.49. The first-order valence-electron chi connectivity index (χ1n) is 8.66. The second-order valence-corrected chi connectivity index (χ2v) is 6.50. The van der Waals surface area contributed by atoms with Crippen LogP contribution in [0.5, 0.6) is 11.5 Å². The van der Waals surface area contributed by atoms with E-state index in [2.05, 4.69) is 10.6 Å². The zero-order chi connectivity index (χ0) is 18.4. The second-order valence-electron chi connectivity index (χ2n) is 6.50. The van der Waals surface area contributed by atoms with Gasteiger partial charge in [0.05, 0.1) is 12.0 Å². The van der Waals surface area contributed by atoms with Crippen molar-refractivity contribution in [3.8, 4) is 11.5 Å². The average molecular weight is 358 g/mol. The molecule has 0 unspecified atom stereocenters. The number of hydrogen-bond donors (Lipinski definition) is 2. The maximum Gasteiger partial charge on any atom is 0.233 e. The molecule has 2 N–H and O–H groups in total. The topological polar surface area (TPSA) is 59.6 Å². The number of methoxy groups -OCH3 is 1. The Morgan fingerprint density at radius 1 is 1.15 bits per heavy atom. The molecule has 5 nitrogen and oxygen atoms in total. The van der Waals surface area contributed by atoms with Gasteiger partial charge in [0.2, 0.25) is 5.91 Å². The molecule has 6 heteroatoms. The third-order valence-electron chi connectivity index (χ3n) is 4.61. The lowest BCUT2D eigenvalue weighted by Crippen LogP contribution is -2.47. The highest BCUT2D eigenvalue weighted by molar-refractivity contribution is 5.95. The minimum Gasteiger partial charge on any atom is -0.457 e. The molecule has 0 atom stereocenters. The standard InChI is InChI=1S/C20H23FN2O3/c1-25-14-20(9-11-22-12-10-20)19(24)23-16-5-7-17(8-6-16)26-18-4-2-3-15(21)13-18/h2-8,13,22H,9-12,14H2,1H3,(H,23,24). The number of rotatable bonds is 6. The third-order valence-corrected chi connectivity index (χ3v) is 4.61. The van der Waals surface area contributed by atoms with Crippen LogP contribution >= 0.6 is 0 Å². The van der Waals surface area contributed by atoms with Gasteiger partial charge in [-0.2, -0.15) is 0 Å². The maximum atomic E-state index is 13.2. The van der Waals surface area contributed by atoms with E-state index in [9.17, 15) is 9.18 Å². The van der Waals surface area contributed by atoms with Gasteiger partial charge in [0.1, 0.15) is 17.3 Å². The molecule has 1 amide bonds. The molecule has 1 aliphatic rings. The second kappa shape index (κ2) is 8.29. The summed E-state index contributed by atoms with van der Waals surface area (Å²) in [5.74, 6) is 0.619. The van der Waals surface area contributed by atoms with Crippen LogP contribution in [0.1, 0.15) is 12.8 Å². The molecule has 138 valence electrons. The minimum absolute atomic E-state index is 0.0281. The van der Waals surface area contributed by atoms with Gasteiger partial charge in [-0.05, 0) is 62.3 Å². The third kappa shape index (κ3) is 4.39. The molecule has 1 aliphatic heterocycles. The molecule has 0 aromatic heterocycles. The molecule has 0 radical (unpaired) electrons. The van der Waals surface area contributed by atoms with Crippen LogP contribution in [0.4, 0.5) is 10.1 Å². The van der Waals surface area contributed by atoms with Crippen molar-refractivity contribution in [1.29, 1.82) is 0 Å². The summed E-state index contributed by atoms with van der Waals surface area (Å²) >= 11 is 0. The molecule has 1 saturated heterocycles. The van der Waals surface area contributed by atoms with Crippen LogP contribution in [0.25, 0.3) is 0 Å². The molecular weight excluding hydrogens is 335 g/mol. The van der Waals surface area contributed by atoms with E-state index in [1.54, 1.807) is 43.5 Å². The van der Waals surface area contributed by atoms with E-state index in [4.69, 9.17) is 9.47 Å². The highest BCUT2D eigenvalue weighted by atomic mass is 19.1. The average Bonchev–Trinajstić information content (AvgIpc) is 2.64. The molecule has 0 aliphatic carbocycles. The van der Waals surface area contributed by atoms with Crippen LogP contribution in [0.3, 0.4) is 0 Å². The molecule has 2 aromatic carbocycles. The van der Waals surface area contributed by atoms with E-state index >= 15 is 0 Å². The predicted octanol–water partition coefficient (Wildman–Crippen LogP) is 3.57. The van der Waals surface area contributed by atoms with E-state index in [0.29, 0.717) is 23.8 Å². The lowest BCUT2D eigenvalue weighted by atomic mass is 9.78. The molecule has 0 saturated carbocycles. The first-order valence-corrected chi connectivity index (χ1v) is 8.66. The van der Waals surface area contributed by atoms with E-state index in [1.165, 1.54) is 12.1 Å². The molecule has 0 bridgehead atoms. The number of ether oxygens (including phenoxy) is 2. The number of halogens is 1. The number of anilines is 1. The lowest BCUT2D eigenvalue weighted by Gasteiger charge is -2.35. The van der Waals surface area contributed by atoms with Crippen LogP contribution in [-0.2, 0) is 9.53 Å². The molecule has 3 rings (SSSR count). The van der Waals surface area contributed by atoms with Crippen molar-refractivity contribution < 1.29 is 18.7 Å². The number of nitrogens with one attached hydrogen (secondary N) is 2. The molecule has 26 heavy (non-hydrogen) atoms. The van der Waals surface area contributed by atoms with Gasteiger partial charge in [-0.25, -0.2) is 4.39 Å². The molecular formula is C20H23FN2O3. The largest absolute Gasteiger partial charge is 0.457 e. The van der Waals surface area contributed by atoms with E-state index < -0.39 is 5.41 Å². The first-order chi connectivity index (χ1) is 12.6. The summed E-state index contributed by atoms with van der Waals surface area (Å²) in [7, 11) is 1.62. The molecule has 1 fully saturated rings. The summed E-state index contributed by atoms with van der Waals surface area (Å²) in [6.45, 7) is 2.01. The highest BCUT2D eigenvalue weighted by Crippen LogP contribution is 2.31. The van der Waals surface area contributed by atoms with Crippen molar-refractivity contribution in [2.24, 2.45) is 5.41 Å². The number of benzene rings is 2. The Balaban J connectivity index is 1.65. The highest BCUT2D eigenvalue weighted by Gasteiger charge is 2.39. The molecule has 0 spiro atoms. The number of carbonyl (C=O) groups is 1. The lowest BCUT2D eigenvalue weighted by molar-refractivity contribution is -0.130. The maximum absolute atomic E-state index is 13.2. The Hall–Kier alpha value is -2.44. The fourth-order valence-corrected chi connectivity index (χ4v) is 3.16. The van der Waals surface area contributed by atoms with Crippen molar-refractivity contribution in [1.82, 2.24) is 5.32 Å². The van der Waals surface area contributed by atoms with Crippen molar-refractivity contribution in [3.63, 3.8) is 0 Å². The fraction of sp³-hybridized carbons (Fsp3) is 0.350. The van der Waals surface area contributed by atoms with Crippen molar-refractivity contribution in [3.05, 3.63) is 54.3 Å². The Kier molecular flexibility index (Phi) is 5.85. The van der Waals surface area contributed by atoms with Crippen molar-refractivity contribution in [2.75, 3.05) is 32.1 Å². The first kappa shape index (κ1) is 18.4. The smallest absolute Gasteiger partial charge is 0.233 e. The Morgan fingerprint density at radius 2 is 1.88 bits per heavy atom. The van der Waals surface area contributed by atoms with E-state index in [0.717, 1.165) is 25.9 Å². The van der Waals surface area contributed by atoms with Gasteiger partial charge in [-0.15, -0.1) is 0 Å². The Labute approximate surface area is 152 Å². The van der Waals surface area contributed by atoms with E-state index in [1.807, 2.05) is 0 Å². The van der Waals surface area contributed by atoms with Crippen LogP contribution in [0, 0.1) is 11.2 Å². The van der Waals surface area contributed by atoms with Gasteiger partial charge in [-0.3, -0.25) is 4.79 Å². The number of carbonyl (C=O) groups excluding carboxylic acids is 1. The summed E-state index contributed by atoms with van der Waals surface area (Å²) in [5.41, 5.74) is 0.187. The molecule has 2 aromatic rings. The van der Waals surface area contributed by atoms with E-state index in [-0.39, 0.29) is 11.7 Å². The predicted molar refractivity (Wildman–Crippen MR) is 98.0 cm³/mol. The van der Waals surface area contributed by atoms with Gasteiger partial charge >= 0.3 is 0 Å². The monoisotopic (exact) mass is 358 g/mol. The summed E-state index contributed by atoms with van der Waals surface area (Å²) < 4.78 is 24.1. The van der Waals surface area contributed by atoms with Crippen LogP contribution in [0.15, 0.2) is 48.5 Å². The summed E-state index contributed by atoms with van der Waals surface area (Å²) in [5, 5.41) is 6.25. The van der Waals surface area contributed by atoms with Crippen LogP contribution in [-0.4, -0.2) is 32.7 Å².